The number of hydrogen-bond donors (Lipinski definition) is 1. The zero-order valence-electron chi connectivity index (χ0n) is 19.9. The van der Waals surface area contributed by atoms with Gasteiger partial charge in [0.15, 0.2) is 0 Å². The van der Waals surface area contributed by atoms with Crippen molar-refractivity contribution in [3.8, 4) is 0 Å². The van der Waals surface area contributed by atoms with Crippen molar-refractivity contribution in [1.29, 1.82) is 0 Å². The number of benzene rings is 2. The lowest BCUT2D eigenvalue weighted by molar-refractivity contribution is -0.120. The number of aromatic nitrogens is 1. The molecule has 1 N–H and O–H groups in total. The van der Waals surface area contributed by atoms with E-state index in [0.29, 0.717) is 4.88 Å². The highest BCUT2D eigenvalue weighted by Crippen LogP contribution is 2.31. The maximum absolute atomic E-state index is 13.8. The van der Waals surface area contributed by atoms with Crippen LogP contribution >= 0.6 is 11.3 Å². The molecule has 5 nitrogen and oxygen atoms in total. The average Bonchev–Trinajstić information content (AvgIpc) is 3.45. The van der Waals surface area contributed by atoms with Gasteiger partial charge in [-0.25, -0.2) is 4.98 Å². The summed E-state index contributed by atoms with van der Waals surface area (Å²) in [7, 11) is 0. The lowest BCUT2D eigenvalue weighted by atomic mass is 10.1. The number of carbonyl (C=O) groups excluding carboxylic acids is 2. The summed E-state index contributed by atoms with van der Waals surface area (Å²) in [6, 6.07) is 16.4. The second-order valence-electron chi connectivity index (χ2n) is 9.42. The highest BCUT2D eigenvalue weighted by molar-refractivity contribution is 7.20. The van der Waals surface area contributed by atoms with Crippen molar-refractivity contribution in [2.45, 2.75) is 52.5 Å². The van der Waals surface area contributed by atoms with Gasteiger partial charge in [0.2, 0.25) is 5.91 Å². The van der Waals surface area contributed by atoms with E-state index in [-0.39, 0.29) is 24.4 Å². The number of thiophene rings is 1. The minimum Gasteiger partial charge on any atom is -0.352 e. The minimum atomic E-state index is -0.170. The second-order valence-corrected chi connectivity index (χ2v) is 10.5. The van der Waals surface area contributed by atoms with Crippen LogP contribution < -0.4 is 10.2 Å². The van der Waals surface area contributed by atoms with Crippen LogP contribution in [0.5, 0.6) is 0 Å². The molecule has 6 heteroatoms. The molecule has 0 unspecified atom stereocenters. The van der Waals surface area contributed by atoms with E-state index >= 15 is 0 Å². The van der Waals surface area contributed by atoms with E-state index in [9.17, 15) is 9.59 Å². The summed E-state index contributed by atoms with van der Waals surface area (Å²) >= 11 is 1.38. The normalized spacial score (nSPS) is 14.1. The molecule has 0 atom stereocenters. The molecule has 34 heavy (non-hydrogen) atoms. The maximum Gasteiger partial charge on any atom is 0.268 e. The van der Waals surface area contributed by atoms with Gasteiger partial charge in [0.1, 0.15) is 11.4 Å². The van der Waals surface area contributed by atoms with Gasteiger partial charge in [-0.1, -0.05) is 42.7 Å². The molecule has 4 aromatic rings. The third-order valence-electron chi connectivity index (χ3n) is 6.58. The molecule has 0 aliphatic heterocycles. The van der Waals surface area contributed by atoms with Crippen molar-refractivity contribution in [3.63, 3.8) is 0 Å². The number of rotatable bonds is 5. The highest BCUT2D eigenvalue weighted by Gasteiger charge is 2.26. The number of pyridine rings is 1. The summed E-state index contributed by atoms with van der Waals surface area (Å²) in [5.74, 6) is -0.280. The standard InChI is InChI=1S/C28H29N3O2S/c1-17-9-11-24(19(3)12-17)31(16-26(32)29-22-6-4-5-7-22)28(33)25-15-21-14-20-10-8-18(2)13-23(20)30-27(21)34-25/h8-15,22H,4-7,16H2,1-3H3,(H,29,32). The minimum absolute atomic E-state index is 0.00206. The highest BCUT2D eigenvalue weighted by atomic mass is 32.1. The van der Waals surface area contributed by atoms with E-state index in [1.165, 1.54) is 11.3 Å². The molecular formula is C28H29N3O2S. The van der Waals surface area contributed by atoms with Crippen LogP contribution in [0.1, 0.15) is 52.0 Å². The van der Waals surface area contributed by atoms with Gasteiger partial charge in [0, 0.05) is 22.5 Å². The summed E-state index contributed by atoms with van der Waals surface area (Å²) in [6.07, 6.45) is 4.32. The number of amides is 2. The maximum atomic E-state index is 13.8. The monoisotopic (exact) mass is 471 g/mol. The number of aryl methyl sites for hydroxylation is 3. The molecule has 1 aliphatic rings. The summed E-state index contributed by atoms with van der Waals surface area (Å²) in [6.45, 7) is 6.06. The zero-order chi connectivity index (χ0) is 23.8. The predicted octanol–water partition coefficient (Wildman–Crippen LogP) is 6.08. The molecule has 2 amide bonds. The fraction of sp³-hybridized carbons (Fsp3) is 0.321. The molecule has 174 valence electrons. The lowest BCUT2D eigenvalue weighted by Crippen LogP contribution is -2.43. The van der Waals surface area contributed by atoms with Gasteiger partial charge >= 0.3 is 0 Å². The number of anilines is 1. The average molecular weight is 472 g/mol. The van der Waals surface area contributed by atoms with Gasteiger partial charge in [-0.05, 0) is 69.0 Å². The van der Waals surface area contributed by atoms with Gasteiger partial charge in [-0.3, -0.25) is 14.5 Å². The fourth-order valence-electron chi connectivity index (χ4n) is 4.84. The second kappa shape index (κ2) is 9.18. The first-order valence-corrected chi connectivity index (χ1v) is 12.7. The van der Waals surface area contributed by atoms with Crippen LogP contribution in [0.25, 0.3) is 21.1 Å². The smallest absolute Gasteiger partial charge is 0.268 e. The van der Waals surface area contributed by atoms with Crippen molar-refractivity contribution in [2.24, 2.45) is 0 Å². The number of nitrogens with one attached hydrogen (secondary N) is 1. The van der Waals surface area contributed by atoms with Gasteiger partial charge in [0.05, 0.1) is 10.4 Å². The Labute approximate surface area is 203 Å². The van der Waals surface area contributed by atoms with Crippen molar-refractivity contribution >= 4 is 50.0 Å². The number of hydrogen-bond acceptors (Lipinski definition) is 4. The SMILES string of the molecule is Cc1ccc(N(CC(=O)NC2CCCC2)C(=O)c2cc3cc4ccc(C)cc4nc3s2)c(C)c1. The predicted molar refractivity (Wildman–Crippen MR) is 140 cm³/mol. The number of nitrogens with zero attached hydrogens (tertiary/aromatic N) is 2. The first kappa shape index (κ1) is 22.5. The number of carbonyl (C=O) groups is 2. The Morgan fingerprint density at radius 2 is 1.71 bits per heavy atom. The van der Waals surface area contributed by atoms with Crippen molar-refractivity contribution < 1.29 is 9.59 Å². The van der Waals surface area contributed by atoms with Gasteiger partial charge in [-0.2, -0.15) is 0 Å². The van der Waals surface area contributed by atoms with Crippen molar-refractivity contribution in [2.75, 3.05) is 11.4 Å². The van der Waals surface area contributed by atoms with Gasteiger partial charge < -0.3 is 5.32 Å². The molecule has 0 bridgehead atoms. The Morgan fingerprint density at radius 3 is 2.47 bits per heavy atom. The first-order valence-electron chi connectivity index (χ1n) is 11.9. The molecule has 0 saturated heterocycles. The van der Waals surface area contributed by atoms with Crippen molar-refractivity contribution in [3.05, 3.63) is 70.1 Å². The molecule has 1 aliphatic carbocycles. The summed E-state index contributed by atoms with van der Waals surface area (Å²) in [5, 5.41) is 5.13. The molecular weight excluding hydrogens is 442 g/mol. The summed E-state index contributed by atoms with van der Waals surface area (Å²) < 4.78 is 0. The van der Waals surface area contributed by atoms with Gasteiger partial charge in [0.25, 0.3) is 5.91 Å². The van der Waals surface area contributed by atoms with Crippen LogP contribution in [0.3, 0.4) is 0 Å². The van der Waals surface area contributed by atoms with E-state index in [1.807, 2.05) is 45.0 Å². The van der Waals surface area contributed by atoms with E-state index in [2.05, 4.69) is 29.6 Å². The molecule has 0 spiro atoms. The molecule has 2 aromatic heterocycles. The van der Waals surface area contributed by atoms with Gasteiger partial charge in [-0.15, -0.1) is 11.3 Å². The Bertz CT molecular complexity index is 1400. The van der Waals surface area contributed by atoms with Crippen LogP contribution in [0.15, 0.2) is 48.5 Å². The van der Waals surface area contributed by atoms with E-state index < -0.39 is 0 Å². The van der Waals surface area contributed by atoms with E-state index in [4.69, 9.17) is 4.98 Å². The van der Waals surface area contributed by atoms with E-state index in [1.54, 1.807) is 4.90 Å². The van der Waals surface area contributed by atoms with Crippen LogP contribution in [0, 0.1) is 20.8 Å². The number of fused-ring (bicyclic) bond motifs is 2. The zero-order valence-corrected chi connectivity index (χ0v) is 20.7. The van der Waals surface area contributed by atoms with Crippen LogP contribution in [0.4, 0.5) is 5.69 Å². The topological polar surface area (TPSA) is 62.3 Å². The van der Waals surface area contributed by atoms with Crippen LogP contribution in [-0.2, 0) is 4.79 Å². The molecule has 5 rings (SSSR count). The summed E-state index contributed by atoms with van der Waals surface area (Å²) in [4.78, 5) is 34.6. The Morgan fingerprint density at radius 1 is 0.971 bits per heavy atom. The fourth-order valence-corrected chi connectivity index (χ4v) is 5.81. The Hall–Kier alpha value is -3.25. The van der Waals surface area contributed by atoms with Crippen molar-refractivity contribution in [1.82, 2.24) is 10.3 Å². The Kier molecular flexibility index (Phi) is 6.09. The third kappa shape index (κ3) is 4.55. The molecule has 1 fully saturated rings. The van der Waals surface area contributed by atoms with Crippen LogP contribution in [0.2, 0.25) is 0 Å². The quantitative estimate of drug-likeness (QED) is 0.384. The molecule has 2 aromatic carbocycles. The van der Waals surface area contributed by atoms with E-state index in [0.717, 1.165) is 69.2 Å². The first-order chi connectivity index (χ1) is 16.4. The van der Waals surface area contributed by atoms with Crippen LogP contribution in [-0.4, -0.2) is 29.4 Å². The third-order valence-corrected chi connectivity index (χ3v) is 7.61. The molecule has 1 saturated carbocycles. The largest absolute Gasteiger partial charge is 0.352 e. The Balaban J connectivity index is 1.50. The molecule has 0 radical (unpaired) electrons. The summed E-state index contributed by atoms with van der Waals surface area (Å²) in [5.41, 5.74) is 4.94. The lowest BCUT2D eigenvalue weighted by Gasteiger charge is -2.25. The molecule has 2 heterocycles.